The third-order valence-corrected chi connectivity index (χ3v) is 7.93. The predicted molar refractivity (Wildman–Crippen MR) is 103 cm³/mol. The Morgan fingerprint density at radius 3 is 1.76 bits per heavy atom. The van der Waals surface area contributed by atoms with Crippen molar-refractivity contribution >= 4 is 10.0 Å². The van der Waals surface area contributed by atoms with Crippen LogP contribution in [-0.4, -0.2) is 24.8 Å². The topological polar surface area (TPSA) is 37.4 Å². The number of sulfonamides is 1. The van der Waals surface area contributed by atoms with Crippen molar-refractivity contribution in [2.75, 3.05) is 0 Å². The zero-order valence-corrected chi connectivity index (χ0v) is 16.4. The lowest BCUT2D eigenvalue weighted by atomic mass is 9.91. The van der Waals surface area contributed by atoms with Crippen molar-refractivity contribution in [2.45, 2.75) is 101 Å². The van der Waals surface area contributed by atoms with Crippen LogP contribution in [0.25, 0.3) is 0 Å². The third kappa shape index (κ3) is 4.46. The molecule has 1 aromatic rings. The first-order valence-corrected chi connectivity index (χ1v) is 11.7. The number of aryl methyl sites for hydroxylation is 1. The molecule has 0 heterocycles. The second-order valence-corrected chi connectivity index (χ2v) is 9.66. The van der Waals surface area contributed by atoms with Crippen LogP contribution in [0.2, 0.25) is 0 Å². The average Bonchev–Trinajstić information content (AvgIpc) is 2.64. The molecule has 0 aromatic heterocycles. The number of hydrogen-bond donors (Lipinski definition) is 0. The average molecular weight is 364 g/mol. The summed E-state index contributed by atoms with van der Waals surface area (Å²) in [6.45, 7) is 2.15. The fourth-order valence-corrected chi connectivity index (χ4v) is 6.53. The highest BCUT2D eigenvalue weighted by atomic mass is 32.2. The molecule has 1 aromatic carbocycles. The van der Waals surface area contributed by atoms with Gasteiger partial charge in [0.2, 0.25) is 10.0 Å². The van der Waals surface area contributed by atoms with Crippen molar-refractivity contribution in [1.82, 2.24) is 4.31 Å². The molecule has 2 aliphatic carbocycles. The monoisotopic (exact) mass is 363 g/mol. The van der Waals surface area contributed by atoms with Crippen molar-refractivity contribution in [2.24, 2.45) is 0 Å². The minimum Gasteiger partial charge on any atom is -0.207 e. The number of nitrogens with zero attached hydrogens (tertiary/aromatic N) is 1. The Balaban J connectivity index is 1.89. The highest BCUT2D eigenvalue weighted by molar-refractivity contribution is 7.89. The van der Waals surface area contributed by atoms with Crippen LogP contribution in [0.1, 0.15) is 83.1 Å². The molecule has 0 amide bonds. The molecule has 2 fully saturated rings. The molecule has 0 radical (unpaired) electrons. The molecule has 0 unspecified atom stereocenters. The van der Waals surface area contributed by atoms with Crippen LogP contribution in [0, 0.1) is 0 Å². The fourth-order valence-electron chi connectivity index (χ4n) is 4.60. The summed E-state index contributed by atoms with van der Waals surface area (Å²) in [5, 5.41) is 0. The summed E-state index contributed by atoms with van der Waals surface area (Å²) < 4.78 is 29.0. The number of hydrogen-bond acceptors (Lipinski definition) is 2. The van der Waals surface area contributed by atoms with E-state index < -0.39 is 10.0 Å². The molecule has 2 saturated carbocycles. The maximum Gasteiger partial charge on any atom is 0.243 e. The van der Waals surface area contributed by atoms with E-state index in [4.69, 9.17) is 0 Å². The van der Waals surface area contributed by atoms with Crippen molar-refractivity contribution in [3.8, 4) is 0 Å². The molecule has 3 nitrogen and oxygen atoms in total. The standard InChI is InChI=1S/C21H33NO2S/c1-2-9-18-14-16-21(17-15-18)25(23,24)22(19-10-5-3-6-11-19)20-12-7-4-8-13-20/h14-17,19-20H,2-13H2,1H3. The smallest absolute Gasteiger partial charge is 0.207 e. The quantitative estimate of drug-likeness (QED) is 0.688. The van der Waals surface area contributed by atoms with E-state index in [0.29, 0.717) is 4.90 Å². The zero-order chi connectivity index (χ0) is 17.7. The molecule has 25 heavy (non-hydrogen) atoms. The van der Waals surface area contributed by atoms with Gasteiger partial charge in [-0.15, -0.1) is 0 Å². The highest BCUT2D eigenvalue weighted by Crippen LogP contribution is 2.34. The largest absolute Gasteiger partial charge is 0.243 e. The molecule has 0 atom stereocenters. The van der Waals surface area contributed by atoms with E-state index in [1.54, 1.807) is 0 Å². The molecule has 0 saturated heterocycles. The Kier molecular flexibility index (Phi) is 6.56. The van der Waals surface area contributed by atoms with E-state index in [1.807, 2.05) is 28.6 Å². The van der Waals surface area contributed by atoms with Gasteiger partial charge < -0.3 is 0 Å². The molecule has 0 bridgehead atoms. The lowest BCUT2D eigenvalue weighted by Gasteiger charge is -2.40. The molecule has 140 valence electrons. The molecule has 3 rings (SSSR count). The van der Waals surface area contributed by atoms with Crippen molar-refractivity contribution in [1.29, 1.82) is 0 Å². The summed E-state index contributed by atoms with van der Waals surface area (Å²) in [6.07, 6.45) is 13.4. The zero-order valence-electron chi connectivity index (χ0n) is 15.6. The van der Waals surface area contributed by atoms with E-state index in [9.17, 15) is 8.42 Å². The van der Waals surface area contributed by atoms with Gasteiger partial charge in [0.1, 0.15) is 0 Å². The minimum absolute atomic E-state index is 0.206. The summed E-state index contributed by atoms with van der Waals surface area (Å²) in [4.78, 5) is 0.489. The first-order valence-electron chi connectivity index (χ1n) is 10.3. The summed E-state index contributed by atoms with van der Waals surface area (Å²) in [5.74, 6) is 0. The van der Waals surface area contributed by atoms with E-state index >= 15 is 0 Å². The van der Waals surface area contributed by atoms with Gasteiger partial charge in [-0.2, -0.15) is 4.31 Å². The van der Waals surface area contributed by atoms with Crippen LogP contribution < -0.4 is 0 Å². The van der Waals surface area contributed by atoms with Gasteiger partial charge in [0, 0.05) is 12.1 Å². The Labute approximate surface area is 153 Å². The van der Waals surface area contributed by atoms with Gasteiger partial charge in [0.15, 0.2) is 0 Å². The molecular formula is C21H33NO2S. The number of benzene rings is 1. The molecule has 0 aliphatic heterocycles. The molecular weight excluding hydrogens is 330 g/mol. The van der Waals surface area contributed by atoms with E-state index in [1.165, 1.54) is 44.1 Å². The normalized spacial score (nSPS) is 20.9. The molecule has 4 heteroatoms. The first-order chi connectivity index (χ1) is 12.1. The lowest BCUT2D eigenvalue weighted by molar-refractivity contribution is 0.169. The van der Waals surface area contributed by atoms with Gasteiger partial charge in [-0.3, -0.25) is 0 Å². The Morgan fingerprint density at radius 1 is 0.840 bits per heavy atom. The summed E-state index contributed by atoms with van der Waals surface area (Å²) >= 11 is 0. The van der Waals surface area contributed by atoms with Crippen LogP contribution in [-0.2, 0) is 16.4 Å². The van der Waals surface area contributed by atoms with Crippen molar-refractivity contribution in [3.63, 3.8) is 0 Å². The van der Waals surface area contributed by atoms with Gasteiger partial charge in [0.05, 0.1) is 4.90 Å². The van der Waals surface area contributed by atoms with E-state index in [-0.39, 0.29) is 12.1 Å². The van der Waals surface area contributed by atoms with Crippen LogP contribution in [0.3, 0.4) is 0 Å². The van der Waals surface area contributed by atoms with Crippen molar-refractivity contribution < 1.29 is 8.42 Å². The first kappa shape index (κ1) is 18.9. The molecule has 0 N–H and O–H groups in total. The second kappa shape index (κ2) is 8.68. The molecule has 0 spiro atoms. The van der Waals surface area contributed by atoms with Gasteiger partial charge in [-0.25, -0.2) is 8.42 Å². The van der Waals surface area contributed by atoms with Crippen LogP contribution >= 0.6 is 0 Å². The third-order valence-electron chi connectivity index (χ3n) is 5.91. The van der Waals surface area contributed by atoms with E-state index in [2.05, 4.69) is 6.92 Å². The van der Waals surface area contributed by atoms with Gasteiger partial charge in [-0.05, 0) is 49.8 Å². The van der Waals surface area contributed by atoms with Crippen LogP contribution in [0.15, 0.2) is 29.2 Å². The summed E-state index contributed by atoms with van der Waals surface area (Å²) in [7, 11) is -3.40. The number of rotatable bonds is 6. The highest BCUT2D eigenvalue weighted by Gasteiger charge is 2.38. The SMILES string of the molecule is CCCc1ccc(S(=O)(=O)N(C2CCCCC2)C2CCCCC2)cc1. The van der Waals surface area contributed by atoms with E-state index in [0.717, 1.165) is 38.5 Å². The van der Waals surface area contributed by atoms with Crippen LogP contribution in [0.4, 0.5) is 0 Å². The van der Waals surface area contributed by atoms with Crippen molar-refractivity contribution in [3.05, 3.63) is 29.8 Å². The second-order valence-electron chi connectivity index (χ2n) is 7.81. The Hall–Kier alpha value is -0.870. The molecule has 2 aliphatic rings. The fraction of sp³-hybridized carbons (Fsp3) is 0.714. The Bertz CT molecular complexity index is 608. The van der Waals surface area contributed by atoms with Gasteiger partial charge >= 0.3 is 0 Å². The lowest BCUT2D eigenvalue weighted by Crippen LogP contribution is -2.48. The maximum absolute atomic E-state index is 13.5. The Morgan fingerprint density at radius 2 is 1.32 bits per heavy atom. The van der Waals surface area contributed by atoms with Crippen LogP contribution in [0.5, 0.6) is 0 Å². The maximum atomic E-state index is 13.5. The minimum atomic E-state index is -3.40. The summed E-state index contributed by atoms with van der Waals surface area (Å²) in [5.41, 5.74) is 1.23. The van der Waals surface area contributed by atoms with Gasteiger partial charge in [0.25, 0.3) is 0 Å². The summed E-state index contributed by atoms with van der Waals surface area (Å²) in [6, 6.07) is 8.07. The predicted octanol–water partition coefficient (Wildman–Crippen LogP) is 5.30. The van der Waals surface area contributed by atoms with Gasteiger partial charge in [-0.1, -0.05) is 64.0 Å².